The number of nitrogens with zero attached hydrogens (tertiary/aromatic N) is 3. The van der Waals surface area contributed by atoms with E-state index in [-0.39, 0.29) is 24.5 Å². The molecular formula is C16H20ClF3N4O3S. The van der Waals surface area contributed by atoms with Gasteiger partial charge in [-0.05, 0) is 31.9 Å². The average Bonchev–Trinajstić information content (AvgIpc) is 3.01. The van der Waals surface area contributed by atoms with E-state index in [0.717, 1.165) is 5.65 Å². The maximum absolute atomic E-state index is 12.6. The van der Waals surface area contributed by atoms with Crippen molar-refractivity contribution in [1.29, 1.82) is 0 Å². The number of sulfonamides is 1. The van der Waals surface area contributed by atoms with E-state index in [4.69, 9.17) is 0 Å². The van der Waals surface area contributed by atoms with Crippen molar-refractivity contribution in [2.45, 2.75) is 38.9 Å². The zero-order chi connectivity index (χ0) is 19.8. The summed E-state index contributed by atoms with van der Waals surface area (Å²) in [6, 6.07) is 5.47. The Hall–Kier alpha value is -1.85. The monoisotopic (exact) mass is 440 g/mol. The number of nitrogens with one attached hydrogen (secondary N) is 1. The molecule has 0 aliphatic rings. The van der Waals surface area contributed by atoms with Gasteiger partial charge in [-0.25, -0.2) is 18.1 Å². The van der Waals surface area contributed by atoms with Crippen LogP contribution < -0.4 is 10.3 Å². The summed E-state index contributed by atoms with van der Waals surface area (Å²) < 4.78 is 64.3. The molecule has 1 N–H and O–H groups in total. The molecule has 28 heavy (non-hydrogen) atoms. The third-order valence-electron chi connectivity index (χ3n) is 4.26. The van der Waals surface area contributed by atoms with Crippen LogP contribution in [0.15, 0.2) is 23.0 Å². The predicted octanol–water partition coefficient (Wildman–Crippen LogP) is 2.47. The number of alkyl halides is 3. The summed E-state index contributed by atoms with van der Waals surface area (Å²) in [5.41, 5.74) is 2.51. The highest BCUT2D eigenvalue weighted by atomic mass is 35.5. The first kappa shape index (κ1) is 22.4. The molecule has 0 radical (unpaired) electrons. The molecule has 0 fully saturated rings. The van der Waals surface area contributed by atoms with Gasteiger partial charge in [0.2, 0.25) is 10.0 Å². The molecule has 0 aliphatic heterocycles. The first-order chi connectivity index (χ1) is 12.6. The molecule has 3 aromatic heterocycles. The van der Waals surface area contributed by atoms with Crippen LogP contribution >= 0.6 is 12.4 Å². The Morgan fingerprint density at radius 2 is 1.89 bits per heavy atom. The summed E-state index contributed by atoms with van der Waals surface area (Å²) >= 11 is 0. The number of hydrogen-bond donors (Lipinski definition) is 1. The van der Waals surface area contributed by atoms with E-state index < -0.39 is 22.0 Å². The van der Waals surface area contributed by atoms with Crippen molar-refractivity contribution in [3.8, 4) is 0 Å². The fourth-order valence-corrected chi connectivity index (χ4v) is 4.15. The van der Waals surface area contributed by atoms with E-state index in [1.165, 1.54) is 0 Å². The maximum Gasteiger partial charge on any atom is 0.404 e. The molecule has 3 aromatic rings. The SMILES string of the molecule is Cc1nc2cccc3n(CCCCCNS(=O)(=O)CC(F)(F)F)c(=O)c1n23.Cl. The third-order valence-corrected chi connectivity index (χ3v) is 5.61. The predicted molar refractivity (Wildman–Crippen MR) is 102 cm³/mol. The van der Waals surface area contributed by atoms with Crippen LogP contribution in [0.5, 0.6) is 0 Å². The van der Waals surface area contributed by atoms with Crippen molar-refractivity contribution in [1.82, 2.24) is 18.7 Å². The highest BCUT2D eigenvalue weighted by Gasteiger charge is 2.34. The first-order valence-electron chi connectivity index (χ1n) is 8.43. The van der Waals surface area contributed by atoms with Crippen LogP contribution in [0.4, 0.5) is 13.2 Å². The Morgan fingerprint density at radius 3 is 2.57 bits per heavy atom. The van der Waals surface area contributed by atoms with Crippen LogP contribution in [0, 0.1) is 6.92 Å². The van der Waals surface area contributed by atoms with Crippen LogP contribution in [-0.4, -0.2) is 40.8 Å². The molecule has 7 nitrogen and oxygen atoms in total. The van der Waals surface area contributed by atoms with Gasteiger partial charge in [0.1, 0.15) is 16.8 Å². The Labute approximate surface area is 165 Å². The molecule has 0 unspecified atom stereocenters. The first-order valence-corrected chi connectivity index (χ1v) is 10.1. The highest BCUT2D eigenvalue weighted by Crippen LogP contribution is 2.18. The molecule has 0 aromatic carbocycles. The third kappa shape index (κ3) is 4.76. The number of imidazole rings is 2. The quantitative estimate of drug-likeness (QED) is 0.545. The van der Waals surface area contributed by atoms with Crippen LogP contribution in [0.25, 0.3) is 16.8 Å². The highest BCUT2D eigenvalue weighted by molar-refractivity contribution is 7.89. The van der Waals surface area contributed by atoms with Crippen molar-refractivity contribution in [3.63, 3.8) is 0 Å². The minimum Gasteiger partial charge on any atom is -0.292 e. The molecule has 0 bridgehead atoms. The largest absolute Gasteiger partial charge is 0.404 e. The molecule has 0 saturated carbocycles. The van der Waals surface area contributed by atoms with Gasteiger partial charge in [0.05, 0.1) is 5.69 Å². The van der Waals surface area contributed by atoms with E-state index >= 15 is 0 Å². The van der Waals surface area contributed by atoms with Crippen molar-refractivity contribution in [2.24, 2.45) is 0 Å². The van der Waals surface area contributed by atoms with Crippen LogP contribution in [-0.2, 0) is 16.6 Å². The maximum atomic E-state index is 12.6. The number of aromatic nitrogens is 3. The van der Waals surface area contributed by atoms with Gasteiger partial charge in [-0.15, -0.1) is 12.4 Å². The number of halogens is 4. The lowest BCUT2D eigenvalue weighted by molar-refractivity contribution is -0.106. The summed E-state index contributed by atoms with van der Waals surface area (Å²) in [5.74, 6) is -1.88. The van der Waals surface area contributed by atoms with Crippen LogP contribution in [0.2, 0.25) is 0 Å². The second-order valence-electron chi connectivity index (χ2n) is 6.41. The van der Waals surface area contributed by atoms with Gasteiger partial charge in [-0.1, -0.05) is 12.5 Å². The van der Waals surface area contributed by atoms with E-state index in [0.29, 0.717) is 42.7 Å². The minimum atomic E-state index is -4.76. The molecular weight excluding hydrogens is 421 g/mol. The van der Waals surface area contributed by atoms with E-state index in [1.807, 2.05) is 27.3 Å². The molecule has 0 amide bonds. The fourth-order valence-electron chi connectivity index (χ4n) is 3.16. The molecule has 0 spiro atoms. The average molecular weight is 441 g/mol. The Bertz CT molecular complexity index is 1110. The Morgan fingerprint density at radius 1 is 1.18 bits per heavy atom. The topological polar surface area (TPSA) is 85.5 Å². The van der Waals surface area contributed by atoms with Gasteiger partial charge in [0.15, 0.2) is 5.75 Å². The van der Waals surface area contributed by atoms with Gasteiger partial charge < -0.3 is 0 Å². The summed E-state index contributed by atoms with van der Waals surface area (Å²) in [4.78, 5) is 17.0. The number of hydrogen-bond acceptors (Lipinski definition) is 4. The summed E-state index contributed by atoms with van der Waals surface area (Å²) in [6.07, 6.45) is -3.20. The van der Waals surface area contributed by atoms with E-state index in [1.54, 1.807) is 11.5 Å². The summed E-state index contributed by atoms with van der Waals surface area (Å²) in [7, 11) is -4.36. The van der Waals surface area contributed by atoms with Crippen molar-refractivity contribution < 1.29 is 21.6 Å². The van der Waals surface area contributed by atoms with Gasteiger partial charge in [0, 0.05) is 13.1 Å². The van der Waals surface area contributed by atoms with Gasteiger partial charge in [-0.2, -0.15) is 13.2 Å². The van der Waals surface area contributed by atoms with Gasteiger partial charge >= 0.3 is 6.18 Å². The van der Waals surface area contributed by atoms with Gasteiger partial charge in [-0.3, -0.25) is 13.8 Å². The van der Waals surface area contributed by atoms with Crippen LogP contribution in [0.3, 0.4) is 0 Å². The fraction of sp³-hybridized carbons (Fsp3) is 0.500. The lowest BCUT2D eigenvalue weighted by atomic mass is 10.2. The number of pyridine rings is 1. The van der Waals surface area contributed by atoms with Gasteiger partial charge in [0.25, 0.3) is 5.56 Å². The summed E-state index contributed by atoms with van der Waals surface area (Å²) in [5, 5.41) is 0. The van der Waals surface area contributed by atoms with E-state index in [9.17, 15) is 26.4 Å². The van der Waals surface area contributed by atoms with Crippen molar-refractivity contribution >= 4 is 39.2 Å². The molecule has 3 heterocycles. The number of rotatable bonds is 8. The smallest absolute Gasteiger partial charge is 0.292 e. The molecule has 3 rings (SSSR count). The second kappa shape index (κ2) is 8.26. The summed E-state index contributed by atoms with van der Waals surface area (Å²) in [6.45, 7) is 2.15. The lowest BCUT2D eigenvalue weighted by Crippen LogP contribution is -2.34. The molecule has 12 heteroatoms. The Balaban J connectivity index is 0.00000280. The molecule has 0 saturated heterocycles. The Kier molecular flexibility index (Phi) is 6.62. The van der Waals surface area contributed by atoms with Crippen molar-refractivity contribution in [3.05, 3.63) is 34.2 Å². The molecule has 156 valence electrons. The lowest BCUT2D eigenvalue weighted by Gasteiger charge is -2.09. The molecule has 0 atom stereocenters. The zero-order valence-electron chi connectivity index (χ0n) is 15.0. The van der Waals surface area contributed by atoms with E-state index in [2.05, 4.69) is 4.98 Å². The standard InChI is InChI=1S/C16H19F3N4O3S.ClH/c1-11-14-15(24)22(13-7-5-6-12(21-11)23(13)14)9-4-2-3-8-20-27(25,26)10-16(17,18)19;/h5-7,20H,2-4,8-10H2,1H3;1H. The molecule has 0 aliphatic carbocycles. The minimum absolute atomic E-state index is 0. The van der Waals surface area contributed by atoms with Crippen molar-refractivity contribution in [2.75, 3.05) is 12.3 Å². The normalized spacial score (nSPS) is 12.7. The van der Waals surface area contributed by atoms with Crippen LogP contribution in [0.1, 0.15) is 25.0 Å². The number of aryl methyl sites for hydroxylation is 2. The number of unbranched alkanes of at least 4 members (excludes halogenated alkanes) is 2. The second-order valence-corrected chi connectivity index (χ2v) is 8.22. The zero-order valence-corrected chi connectivity index (χ0v) is 16.6.